The maximum Gasteiger partial charge on any atom is 0.122 e. The van der Waals surface area contributed by atoms with Crippen LogP contribution in [0.4, 0.5) is 0 Å². The molecule has 2 aliphatic rings. The number of methoxy groups -OCH3 is 2. The van der Waals surface area contributed by atoms with Crippen LogP contribution in [0.1, 0.15) is 12.0 Å². The lowest BCUT2D eigenvalue weighted by Gasteiger charge is -2.36. The van der Waals surface area contributed by atoms with Gasteiger partial charge in [0.25, 0.3) is 0 Å². The molecule has 0 spiro atoms. The van der Waals surface area contributed by atoms with Crippen LogP contribution in [0, 0.1) is 11.3 Å². The van der Waals surface area contributed by atoms with Gasteiger partial charge in [-0.15, -0.1) is 0 Å². The fourth-order valence-electron chi connectivity index (χ4n) is 3.75. The number of hydrogen-bond donors (Lipinski definition) is 1. The molecule has 2 heterocycles. The van der Waals surface area contributed by atoms with Crippen molar-refractivity contribution in [3.8, 4) is 11.5 Å². The maximum atomic E-state index is 9.88. The average molecular weight is 307 g/mol. The predicted molar refractivity (Wildman–Crippen MR) is 83.3 cm³/mol. The highest BCUT2D eigenvalue weighted by atomic mass is 16.5. The van der Waals surface area contributed by atoms with Crippen molar-refractivity contribution < 1.29 is 19.3 Å². The highest BCUT2D eigenvalue weighted by Gasteiger charge is 2.47. The second-order valence-electron chi connectivity index (χ2n) is 6.43. The minimum atomic E-state index is 0.0151. The molecule has 0 aromatic heterocycles. The molecule has 3 rings (SSSR count). The third kappa shape index (κ3) is 2.93. The van der Waals surface area contributed by atoms with E-state index in [1.54, 1.807) is 14.2 Å². The summed E-state index contributed by atoms with van der Waals surface area (Å²) in [6.45, 7) is 4.51. The van der Waals surface area contributed by atoms with Crippen LogP contribution in [0.3, 0.4) is 0 Å². The van der Waals surface area contributed by atoms with Gasteiger partial charge in [-0.25, -0.2) is 0 Å². The topological polar surface area (TPSA) is 51.2 Å². The Morgan fingerprint density at radius 1 is 1.27 bits per heavy atom. The first-order chi connectivity index (χ1) is 10.7. The Hall–Kier alpha value is -1.30. The largest absolute Gasteiger partial charge is 0.497 e. The number of fused-ring (bicyclic) bond motifs is 1. The second kappa shape index (κ2) is 6.44. The van der Waals surface area contributed by atoms with Crippen LogP contribution >= 0.6 is 0 Å². The third-order valence-corrected chi connectivity index (χ3v) is 5.08. The lowest BCUT2D eigenvalue weighted by molar-refractivity contribution is -0.0417. The van der Waals surface area contributed by atoms with Crippen molar-refractivity contribution >= 4 is 0 Å². The fraction of sp³-hybridized carbons (Fsp3) is 0.647. The maximum absolute atomic E-state index is 9.88. The number of aliphatic hydroxyl groups is 1. The minimum absolute atomic E-state index is 0.0151. The van der Waals surface area contributed by atoms with E-state index in [4.69, 9.17) is 14.2 Å². The van der Waals surface area contributed by atoms with Crippen molar-refractivity contribution in [1.82, 2.24) is 4.90 Å². The fourth-order valence-corrected chi connectivity index (χ4v) is 3.75. The average Bonchev–Trinajstić information content (AvgIpc) is 2.92. The van der Waals surface area contributed by atoms with Gasteiger partial charge in [0.2, 0.25) is 0 Å². The predicted octanol–water partition coefficient (Wildman–Crippen LogP) is 1.53. The Bertz CT molecular complexity index is 499. The summed E-state index contributed by atoms with van der Waals surface area (Å²) in [5, 5.41) is 9.88. The molecule has 0 radical (unpaired) electrons. The number of ether oxygens (including phenoxy) is 3. The third-order valence-electron chi connectivity index (χ3n) is 5.08. The van der Waals surface area contributed by atoms with Crippen LogP contribution in [0.5, 0.6) is 11.5 Å². The van der Waals surface area contributed by atoms with Crippen LogP contribution in [0.25, 0.3) is 0 Å². The summed E-state index contributed by atoms with van der Waals surface area (Å²) in [6, 6.07) is 5.98. The summed E-state index contributed by atoms with van der Waals surface area (Å²) < 4.78 is 16.3. The molecule has 5 heteroatoms. The number of aliphatic hydroxyl groups excluding tert-OH is 1. The van der Waals surface area contributed by atoms with Crippen LogP contribution < -0.4 is 9.47 Å². The number of likely N-dealkylation sites (tertiary alicyclic amines) is 1. The first kappa shape index (κ1) is 15.6. The molecule has 0 unspecified atom stereocenters. The van der Waals surface area contributed by atoms with Gasteiger partial charge in [-0.05, 0) is 24.1 Å². The summed E-state index contributed by atoms with van der Waals surface area (Å²) in [4.78, 5) is 2.41. The smallest absolute Gasteiger partial charge is 0.122 e. The molecule has 2 atom stereocenters. The molecule has 5 nitrogen and oxygen atoms in total. The Kier molecular flexibility index (Phi) is 4.57. The van der Waals surface area contributed by atoms with E-state index in [1.165, 1.54) is 5.56 Å². The number of rotatable bonds is 5. The lowest BCUT2D eigenvalue weighted by atomic mass is 9.75. The first-order valence-electron chi connectivity index (χ1n) is 7.82. The second-order valence-corrected chi connectivity index (χ2v) is 6.43. The summed E-state index contributed by atoms with van der Waals surface area (Å²) in [5.41, 5.74) is 1.19. The first-order valence-corrected chi connectivity index (χ1v) is 7.82. The van der Waals surface area contributed by atoms with Crippen molar-refractivity contribution in [2.45, 2.75) is 13.0 Å². The van der Waals surface area contributed by atoms with Gasteiger partial charge in [-0.3, -0.25) is 4.90 Å². The molecule has 22 heavy (non-hydrogen) atoms. The molecule has 0 amide bonds. The molecule has 1 N–H and O–H groups in total. The van der Waals surface area contributed by atoms with Gasteiger partial charge in [-0.1, -0.05) is 0 Å². The number of benzene rings is 1. The van der Waals surface area contributed by atoms with E-state index in [0.717, 1.165) is 50.8 Å². The SMILES string of the molecule is COc1cc(CN2C[C@@H]3COCC[C@]3(CO)C2)cc(OC)c1. The quantitative estimate of drug-likeness (QED) is 0.894. The molecule has 1 aromatic rings. The van der Waals surface area contributed by atoms with E-state index in [2.05, 4.69) is 4.90 Å². The van der Waals surface area contributed by atoms with E-state index < -0.39 is 0 Å². The van der Waals surface area contributed by atoms with Gasteiger partial charge >= 0.3 is 0 Å². The summed E-state index contributed by atoms with van der Waals surface area (Å²) in [6.07, 6.45) is 0.950. The van der Waals surface area contributed by atoms with Gasteiger partial charge in [-0.2, -0.15) is 0 Å². The van der Waals surface area contributed by atoms with E-state index in [1.807, 2.05) is 18.2 Å². The highest BCUT2D eigenvalue weighted by molar-refractivity contribution is 5.38. The standard InChI is InChI=1S/C17H25NO4/c1-20-15-5-13(6-16(7-15)21-2)8-18-9-14-10-22-4-3-17(14,11-18)12-19/h5-7,14,19H,3-4,8-12H2,1-2H3/t14-,17-/m1/s1. The highest BCUT2D eigenvalue weighted by Crippen LogP contribution is 2.42. The van der Waals surface area contributed by atoms with Gasteiger partial charge in [0.05, 0.1) is 27.4 Å². The normalized spacial score (nSPS) is 28.4. The molecule has 0 aliphatic carbocycles. The Morgan fingerprint density at radius 3 is 2.59 bits per heavy atom. The number of nitrogens with zero attached hydrogens (tertiary/aromatic N) is 1. The lowest BCUT2D eigenvalue weighted by Crippen LogP contribution is -2.41. The monoisotopic (exact) mass is 307 g/mol. The van der Waals surface area contributed by atoms with Gasteiger partial charge in [0.1, 0.15) is 11.5 Å². The van der Waals surface area contributed by atoms with E-state index >= 15 is 0 Å². The Morgan fingerprint density at radius 2 is 2.00 bits per heavy atom. The van der Waals surface area contributed by atoms with Crippen molar-refractivity contribution in [1.29, 1.82) is 0 Å². The van der Waals surface area contributed by atoms with E-state index in [-0.39, 0.29) is 12.0 Å². The molecular formula is C17H25NO4. The molecule has 2 aliphatic heterocycles. The zero-order valence-electron chi connectivity index (χ0n) is 13.4. The Balaban J connectivity index is 1.74. The van der Waals surface area contributed by atoms with Crippen molar-refractivity contribution in [2.75, 3.05) is 47.1 Å². The Labute approximate surface area is 131 Å². The molecule has 2 fully saturated rings. The number of hydrogen-bond acceptors (Lipinski definition) is 5. The van der Waals surface area contributed by atoms with Crippen LogP contribution in [-0.4, -0.2) is 57.1 Å². The van der Waals surface area contributed by atoms with Crippen molar-refractivity contribution in [3.63, 3.8) is 0 Å². The zero-order chi connectivity index (χ0) is 15.6. The molecule has 122 valence electrons. The molecule has 1 aromatic carbocycles. The van der Waals surface area contributed by atoms with E-state index in [9.17, 15) is 5.11 Å². The molecule has 2 saturated heterocycles. The van der Waals surface area contributed by atoms with Gasteiger partial charge < -0.3 is 19.3 Å². The van der Waals surface area contributed by atoms with Crippen LogP contribution in [0.2, 0.25) is 0 Å². The zero-order valence-corrected chi connectivity index (χ0v) is 13.4. The summed E-state index contributed by atoms with van der Waals surface area (Å²) in [5.74, 6) is 2.05. The van der Waals surface area contributed by atoms with E-state index in [0.29, 0.717) is 5.92 Å². The van der Waals surface area contributed by atoms with Gasteiger partial charge in [0, 0.05) is 43.6 Å². The van der Waals surface area contributed by atoms with Crippen LogP contribution in [0.15, 0.2) is 18.2 Å². The van der Waals surface area contributed by atoms with Crippen molar-refractivity contribution in [3.05, 3.63) is 23.8 Å². The minimum Gasteiger partial charge on any atom is -0.497 e. The van der Waals surface area contributed by atoms with Crippen molar-refractivity contribution in [2.24, 2.45) is 11.3 Å². The summed E-state index contributed by atoms with van der Waals surface area (Å²) in [7, 11) is 3.34. The van der Waals surface area contributed by atoms with Crippen LogP contribution in [-0.2, 0) is 11.3 Å². The van der Waals surface area contributed by atoms with Gasteiger partial charge in [0.15, 0.2) is 0 Å². The molecule has 0 bridgehead atoms. The summed E-state index contributed by atoms with van der Waals surface area (Å²) >= 11 is 0. The molecular weight excluding hydrogens is 282 g/mol. The molecule has 0 saturated carbocycles.